The molecule has 0 spiro atoms. The molecule has 1 aromatic heterocycles. The number of rotatable bonds is 8. The van der Waals surface area contributed by atoms with Crippen molar-refractivity contribution < 1.29 is 0 Å². The molecule has 0 saturated carbocycles. The highest BCUT2D eigenvalue weighted by molar-refractivity contribution is 6.10. The van der Waals surface area contributed by atoms with Crippen LogP contribution in [0, 0.1) is 6.07 Å². The molecule has 1 nitrogen and oxygen atoms in total. The van der Waals surface area contributed by atoms with Gasteiger partial charge in [-0.2, -0.15) is 0 Å². The van der Waals surface area contributed by atoms with Crippen molar-refractivity contribution in [2.45, 2.75) is 119 Å². The quantitative estimate of drug-likeness (QED) is 0.191. The smallest absolute Gasteiger partial charge is 0.0545 e. The van der Waals surface area contributed by atoms with Crippen molar-refractivity contribution in [2.75, 3.05) is 0 Å². The SMILES string of the molecule is CC(C)c1cc(C(C)C)c(-c2c[c]c3[nH]c4ccc(-c5c(C(C)C)cc(C(C)C)cc5C(C)C)cc4c3c2)c(C(C)C)c1. The number of nitrogens with one attached hydrogen (secondary N) is 1. The van der Waals surface area contributed by atoms with Crippen molar-refractivity contribution >= 4 is 21.8 Å². The Hall–Kier alpha value is -3.32. The van der Waals surface area contributed by atoms with Crippen LogP contribution in [0.4, 0.5) is 0 Å². The van der Waals surface area contributed by atoms with Crippen LogP contribution in [0.2, 0.25) is 0 Å². The summed E-state index contributed by atoms with van der Waals surface area (Å²) in [5.74, 6) is 2.79. The molecule has 0 saturated heterocycles. The van der Waals surface area contributed by atoms with E-state index in [1.54, 1.807) is 0 Å². The molecule has 0 aliphatic carbocycles. The Kier molecular flexibility index (Phi) is 8.68. The van der Waals surface area contributed by atoms with Crippen molar-refractivity contribution in [1.29, 1.82) is 0 Å². The lowest BCUT2D eigenvalue weighted by Gasteiger charge is -2.23. The third-order valence-electron chi connectivity index (χ3n) is 9.35. The number of aromatic nitrogens is 1. The molecule has 1 N–H and O–H groups in total. The van der Waals surface area contributed by atoms with E-state index in [9.17, 15) is 0 Å². The fourth-order valence-electron chi connectivity index (χ4n) is 6.70. The number of hydrogen-bond acceptors (Lipinski definition) is 0. The van der Waals surface area contributed by atoms with Gasteiger partial charge in [0.2, 0.25) is 0 Å². The third-order valence-corrected chi connectivity index (χ3v) is 9.35. The molecule has 0 aliphatic heterocycles. The minimum atomic E-state index is 0.439. The van der Waals surface area contributed by atoms with Crippen molar-refractivity contribution in [3.63, 3.8) is 0 Å². The summed E-state index contributed by atoms with van der Waals surface area (Å²) < 4.78 is 0. The Labute approximate surface area is 261 Å². The Bertz CT molecular complexity index is 1580. The first kappa shape index (κ1) is 31.1. The number of aromatic amines is 1. The zero-order chi connectivity index (χ0) is 31.3. The number of H-pyrrole nitrogens is 1. The van der Waals surface area contributed by atoms with E-state index in [1.807, 2.05) is 0 Å². The van der Waals surface area contributed by atoms with E-state index in [4.69, 9.17) is 0 Å². The third kappa shape index (κ3) is 5.81. The molecular formula is C42H52N. The maximum atomic E-state index is 3.68. The second-order valence-electron chi connectivity index (χ2n) is 14.6. The summed E-state index contributed by atoms with van der Waals surface area (Å²) in [6.45, 7) is 27.9. The highest BCUT2D eigenvalue weighted by Crippen LogP contribution is 2.43. The van der Waals surface area contributed by atoms with Gasteiger partial charge in [-0.05, 0) is 115 Å². The first-order valence-corrected chi connectivity index (χ1v) is 16.6. The van der Waals surface area contributed by atoms with Gasteiger partial charge in [0.05, 0.1) is 5.52 Å². The number of fused-ring (bicyclic) bond motifs is 3. The van der Waals surface area contributed by atoms with Gasteiger partial charge in [0.1, 0.15) is 0 Å². The van der Waals surface area contributed by atoms with E-state index in [0.29, 0.717) is 35.5 Å². The Morgan fingerprint density at radius 3 is 1.30 bits per heavy atom. The molecule has 5 rings (SSSR count). The summed E-state index contributed by atoms with van der Waals surface area (Å²) in [5.41, 5.74) is 16.3. The van der Waals surface area contributed by atoms with Gasteiger partial charge in [-0.25, -0.2) is 0 Å². The number of benzene rings is 4. The second-order valence-corrected chi connectivity index (χ2v) is 14.6. The zero-order valence-corrected chi connectivity index (χ0v) is 28.7. The second kappa shape index (κ2) is 12.0. The highest BCUT2D eigenvalue weighted by atomic mass is 14.7. The zero-order valence-electron chi connectivity index (χ0n) is 28.7. The van der Waals surface area contributed by atoms with Gasteiger partial charge >= 0.3 is 0 Å². The van der Waals surface area contributed by atoms with Crippen LogP contribution in [0.3, 0.4) is 0 Å². The van der Waals surface area contributed by atoms with Crippen LogP contribution in [0.1, 0.15) is 152 Å². The fraction of sp³-hybridized carbons (Fsp3) is 0.429. The van der Waals surface area contributed by atoms with Crippen molar-refractivity contribution in [3.8, 4) is 22.3 Å². The molecule has 0 bridgehead atoms. The normalized spacial score (nSPS) is 12.5. The summed E-state index contributed by atoms with van der Waals surface area (Å²) in [5, 5.41) is 2.53. The first-order valence-electron chi connectivity index (χ1n) is 16.6. The topological polar surface area (TPSA) is 15.8 Å². The van der Waals surface area contributed by atoms with Crippen molar-refractivity contribution in [1.82, 2.24) is 4.98 Å². The summed E-state index contributed by atoms with van der Waals surface area (Å²) >= 11 is 0. The summed E-state index contributed by atoms with van der Waals surface area (Å²) in [4.78, 5) is 3.68. The van der Waals surface area contributed by atoms with Gasteiger partial charge in [-0.15, -0.1) is 0 Å². The minimum Gasteiger partial charge on any atom is -0.354 e. The van der Waals surface area contributed by atoms with E-state index in [-0.39, 0.29) is 0 Å². The molecule has 1 heteroatoms. The van der Waals surface area contributed by atoms with E-state index < -0.39 is 0 Å². The molecule has 0 fully saturated rings. The molecule has 1 radical (unpaired) electrons. The molecule has 0 unspecified atom stereocenters. The first-order chi connectivity index (χ1) is 20.3. The van der Waals surface area contributed by atoms with Gasteiger partial charge in [0, 0.05) is 22.4 Å². The van der Waals surface area contributed by atoms with E-state index >= 15 is 0 Å². The van der Waals surface area contributed by atoms with Crippen LogP contribution in [0.15, 0.2) is 54.6 Å². The Morgan fingerprint density at radius 1 is 0.465 bits per heavy atom. The number of hydrogen-bond donors (Lipinski definition) is 1. The molecule has 0 amide bonds. The van der Waals surface area contributed by atoms with Gasteiger partial charge in [0.15, 0.2) is 0 Å². The monoisotopic (exact) mass is 570 g/mol. The summed E-state index contributed by atoms with van der Waals surface area (Å²) in [7, 11) is 0. The van der Waals surface area contributed by atoms with Crippen LogP contribution in [-0.4, -0.2) is 4.98 Å². The largest absolute Gasteiger partial charge is 0.354 e. The van der Waals surface area contributed by atoms with Crippen LogP contribution in [0.5, 0.6) is 0 Å². The van der Waals surface area contributed by atoms with E-state index in [2.05, 4.69) is 149 Å². The Morgan fingerprint density at radius 2 is 0.884 bits per heavy atom. The highest BCUT2D eigenvalue weighted by Gasteiger charge is 2.21. The Balaban J connectivity index is 1.78. The molecule has 0 atom stereocenters. The standard InChI is InChI=1S/C42H52N/c1-23(2)31-19-33(25(5)6)41(34(20-31)26(7)8)29-13-15-39-37(17-29)38-18-30(14-16-40(38)43-39)42-35(27(9)10)21-32(24(3)4)22-36(42)28(11)12/h13-15,17-28,43H,1-12H3. The van der Waals surface area contributed by atoms with Gasteiger partial charge < -0.3 is 4.98 Å². The lowest BCUT2D eigenvalue weighted by Crippen LogP contribution is -2.03. The predicted octanol–water partition coefficient (Wildman–Crippen LogP) is 13.2. The minimum absolute atomic E-state index is 0.439. The molecule has 225 valence electrons. The molecule has 43 heavy (non-hydrogen) atoms. The lowest BCUT2D eigenvalue weighted by atomic mass is 9.81. The van der Waals surface area contributed by atoms with Gasteiger partial charge in [-0.3, -0.25) is 0 Å². The van der Waals surface area contributed by atoms with E-state index in [1.165, 1.54) is 71.9 Å². The average molecular weight is 571 g/mol. The molecule has 0 aliphatic rings. The average Bonchev–Trinajstić information content (AvgIpc) is 3.32. The van der Waals surface area contributed by atoms with Crippen molar-refractivity contribution in [2.24, 2.45) is 0 Å². The summed E-state index contributed by atoms with van der Waals surface area (Å²) in [6, 6.07) is 25.1. The van der Waals surface area contributed by atoms with Gasteiger partial charge in [-0.1, -0.05) is 113 Å². The van der Waals surface area contributed by atoms with Crippen LogP contribution >= 0.6 is 0 Å². The van der Waals surface area contributed by atoms with Crippen LogP contribution in [0.25, 0.3) is 44.1 Å². The maximum Gasteiger partial charge on any atom is 0.0545 e. The predicted molar refractivity (Wildman–Crippen MR) is 190 cm³/mol. The van der Waals surface area contributed by atoms with E-state index in [0.717, 1.165) is 5.52 Å². The van der Waals surface area contributed by atoms with Crippen LogP contribution < -0.4 is 0 Å². The molecule has 1 heterocycles. The van der Waals surface area contributed by atoms with Crippen molar-refractivity contribution in [3.05, 3.63) is 94.0 Å². The summed E-state index contributed by atoms with van der Waals surface area (Å²) in [6.07, 6.45) is 0. The maximum absolute atomic E-state index is 3.68. The van der Waals surface area contributed by atoms with Crippen LogP contribution in [-0.2, 0) is 0 Å². The lowest BCUT2D eigenvalue weighted by molar-refractivity contribution is 0.807. The fourth-order valence-corrected chi connectivity index (χ4v) is 6.70. The van der Waals surface area contributed by atoms with Gasteiger partial charge in [0.25, 0.3) is 0 Å². The molecular weight excluding hydrogens is 518 g/mol. The molecule has 4 aromatic carbocycles. The molecule has 5 aromatic rings.